The van der Waals surface area contributed by atoms with Crippen molar-refractivity contribution in [1.82, 2.24) is 40.9 Å². The van der Waals surface area contributed by atoms with Crippen molar-refractivity contribution in [3.63, 3.8) is 0 Å². The maximum Gasteiger partial charge on any atom is 0.407 e. The van der Waals surface area contributed by atoms with Gasteiger partial charge in [-0.05, 0) is 238 Å². The lowest BCUT2D eigenvalue weighted by Crippen LogP contribution is -2.35. The number of pyridine rings is 5. The highest BCUT2D eigenvalue weighted by Gasteiger charge is 2.32. The Bertz CT molecular complexity index is 3940. The Hall–Kier alpha value is -9.40. The monoisotopic (exact) mass is 1750 g/mol. The van der Waals surface area contributed by atoms with Crippen LogP contribution in [0.1, 0.15) is 225 Å². The number of carbonyl (C=O) groups is 8. The zero-order chi connectivity index (χ0) is 84.0. The molecule has 36 heteroatoms. The molecule has 0 spiro atoms. The van der Waals surface area contributed by atoms with E-state index in [9.17, 15) is 43.5 Å². The van der Waals surface area contributed by atoms with Crippen molar-refractivity contribution in [2.75, 3.05) is 75.2 Å². The number of fused-ring (bicyclic) bond motifs is 1. The maximum atomic E-state index is 12.6. The first kappa shape index (κ1) is 97.6. The van der Waals surface area contributed by atoms with E-state index in [1.165, 1.54) is 13.2 Å². The first-order chi connectivity index (χ1) is 50.2. The summed E-state index contributed by atoms with van der Waals surface area (Å²) < 4.78 is 43.8. The van der Waals surface area contributed by atoms with E-state index in [1.807, 2.05) is 0 Å². The van der Waals surface area contributed by atoms with E-state index in [1.54, 1.807) is 229 Å². The molecule has 5 aromatic rings. The average Bonchev–Trinajstić information content (AvgIpc) is 0.807. The molecule has 0 aliphatic carbocycles. The first-order valence-corrected chi connectivity index (χ1v) is 36.3. The van der Waals surface area contributed by atoms with Gasteiger partial charge in [0.05, 0.1) is 13.2 Å². The van der Waals surface area contributed by atoms with Gasteiger partial charge in [0.15, 0.2) is 6.73 Å². The maximum absolute atomic E-state index is 12.6. The van der Waals surface area contributed by atoms with Crippen LogP contribution >= 0.6 is 45.2 Å². The van der Waals surface area contributed by atoms with Crippen LogP contribution in [0.4, 0.5) is 43.5 Å². The number of aliphatic hydroxyl groups is 1. The molecule has 1 aliphatic heterocycles. The van der Waals surface area contributed by atoms with Crippen LogP contribution in [0.3, 0.4) is 0 Å². The molecule has 6 rings (SSSR count). The Morgan fingerprint density at radius 1 is 0.495 bits per heavy atom. The van der Waals surface area contributed by atoms with Crippen molar-refractivity contribution in [2.45, 2.75) is 217 Å². The van der Waals surface area contributed by atoms with Crippen molar-refractivity contribution in [3.8, 4) is 0 Å². The van der Waals surface area contributed by atoms with Gasteiger partial charge in [-0.15, -0.1) is 0 Å². The van der Waals surface area contributed by atoms with Gasteiger partial charge in [0.25, 0.3) is 0 Å². The van der Waals surface area contributed by atoms with Crippen molar-refractivity contribution in [2.24, 2.45) is 10.8 Å². The number of halogens is 2. The summed E-state index contributed by atoms with van der Waals surface area (Å²) in [4.78, 5) is 122. The summed E-state index contributed by atoms with van der Waals surface area (Å²) in [5.41, 5.74) is 13.2. The molecule has 0 radical (unpaired) electrons. The van der Waals surface area contributed by atoms with Gasteiger partial charge in [-0.3, -0.25) is 0 Å². The molecule has 0 atom stereocenters. The zero-order valence-corrected chi connectivity index (χ0v) is 72.0. The smallest absolute Gasteiger partial charge is 0.407 e. The van der Waals surface area contributed by atoms with Crippen molar-refractivity contribution >= 4 is 122 Å². The normalized spacial score (nSPS) is 11.7. The lowest BCUT2D eigenvalue weighted by Gasteiger charge is -2.27. The molecule has 604 valence electrons. The number of nitrogens with two attached hydrogens (primary N) is 1. The number of nitrogens with one attached hydrogen (secondary N) is 7. The molecule has 0 aromatic carbocycles. The summed E-state index contributed by atoms with van der Waals surface area (Å²) in [6, 6.07) is 4.90. The number of ether oxygens (including phenoxy) is 8. The Morgan fingerprint density at radius 2 is 0.807 bits per heavy atom. The predicted molar refractivity (Wildman–Crippen MR) is 432 cm³/mol. The molecule has 0 bridgehead atoms. The topological polar surface area (TPSA) is 457 Å². The number of cyclic esters (lactones) is 1. The summed E-state index contributed by atoms with van der Waals surface area (Å²) in [5, 5.41) is 32.1. The molecule has 0 saturated heterocycles. The fourth-order valence-corrected chi connectivity index (χ4v) is 9.81. The van der Waals surface area contributed by atoms with Crippen molar-refractivity contribution < 1.29 is 81.4 Å². The van der Waals surface area contributed by atoms with Crippen LogP contribution in [0.2, 0.25) is 0 Å². The van der Waals surface area contributed by atoms with Gasteiger partial charge in [0.1, 0.15) is 96.1 Å². The number of hydrogen-bond donors (Lipinski definition) is 9. The van der Waals surface area contributed by atoms with Crippen LogP contribution in [0.25, 0.3) is 10.4 Å². The second kappa shape index (κ2) is 43.7. The number of aliphatic hydroxyl groups excluding tert-OH is 1. The molecule has 0 saturated carbocycles. The van der Waals surface area contributed by atoms with E-state index in [0.717, 1.165) is 7.14 Å². The molecule has 1 aliphatic rings. The second-order valence-corrected chi connectivity index (χ2v) is 32.4. The Morgan fingerprint density at radius 3 is 1.17 bits per heavy atom. The molecule has 0 fully saturated rings. The van der Waals surface area contributed by atoms with Gasteiger partial charge in [0.2, 0.25) is 0 Å². The fraction of sp³-hybridized carbons (Fsp3) is 0.548. The van der Waals surface area contributed by atoms with Crippen LogP contribution in [-0.2, 0) is 70.7 Å². The lowest BCUT2D eigenvalue weighted by atomic mass is 10.1. The number of nitrogens with zero attached hydrogens (tertiary/aromatic N) is 9. The number of amides is 3. The van der Waals surface area contributed by atoms with E-state index >= 15 is 0 Å². The largest absolute Gasteiger partial charge is 0.456 e. The SMILES string of the molecule is CN.CN1COC(=O)c2c1ncc(I)c2CNC(=O)OC(C)(C)C.CNc1ncc(I)c(CNC(=O)OC(C)(C)C)c1C(=O)OC(C)(C)C.CNc1nccc(CN=[N+]=[N-])c1C(=O)OC(C)(C)C.CNc1nccc(CNC(=O)OC(C)(C)C)c1C(=O)OC(C)(C)C.CNc1nccc(CO)c1C(=O)OC(C)(C)C. The van der Waals surface area contributed by atoms with E-state index < -0.39 is 87.3 Å². The molecule has 34 nitrogen and oxygen atoms in total. The van der Waals surface area contributed by atoms with Crippen LogP contribution in [-0.4, -0.2) is 166 Å². The lowest BCUT2D eigenvalue weighted by molar-refractivity contribution is 0.00552. The van der Waals surface area contributed by atoms with Gasteiger partial charge < -0.3 is 90.9 Å². The highest BCUT2D eigenvalue weighted by molar-refractivity contribution is 14.1. The summed E-state index contributed by atoms with van der Waals surface area (Å²) in [7, 11) is 9.95. The van der Waals surface area contributed by atoms with Crippen molar-refractivity contribution in [1.29, 1.82) is 0 Å². The second-order valence-electron chi connectivity index (χ2n) is 30.1. The number of aromatic nitrogens is 5. The standard InChI is InChI=1S/C17H26IN3O4.C17H27N3O4.C14H18IN3O4.C12H17N5O2.C12H18N2O3.CH5N/c1-16(2,3)24-14(22)12-10(11(18)9-20-13(12)19-7)8-21-15(23)25-17(4,5)6;1-16(2,3)23-14(21)12-11(8-9-19-13(12)18-7)10-20-15(22)24-17(4,5)6;1-14(2,3)22-13(20)17-5-8-9(15)6-16-11-10(8)12(19)21-7-18(11)4;1-12(2,3)19-11(18)9-8(7-16-17-13)5-6-15-10(9)14-4;1-12(2,3)17-11(16)9-8(7-15)5-6-14-10(9)13-4;1-2/h9H,8H2,1-7H3,(H,19,20)(H,21,23);8-9H,10H2,1-7H3,(H,18,19)(H,20,22);6H,5,7H2,1-4H3,(H,17,20);5-6H,7H2,1-4H3,(H,14,15);5-6,15H,7H2,1-4H3,(H,13,14);2H2,1H3. The number of esters is 5. The van der Waals surface area contributed by atoms with Crippen LogP contribution < -0.4 is 47.9 Å². The highest BCUT2D eigenvalue weighted by Crippen LogP contribution is 2.31. The molecular weight excluding hydrogens is 1640 g/mol. The van der Waals surface area contributed by atoms with E-state index in [-0.39, 0.29) is 45.1 Å². The van der Waals surface area contributed by atoms with Gasteiger partial charge in [-0.2, -0.15) is 0 Å². The highest BCUT2D eigenvalue weighted by atomic mass is 127. The Balaban J connectivity index is 0.000000681. The summed E-state index contributed by atoms with van der Waals surface area (Å²) in [5.74, 6) is -0.247. The van der Waals surface area contributed by atoms with Gasteiger partial charge >= 0.3 is 48.1 Å². The number of hydrogen-bond acceptors (Lipinski definition) is 29. The summed E-state index contributed by atoms with van der Waals surface area (Å²) >= 11 is 4.15. The molecule has 6 heterocycles. The number of carbonyl (C=O) groups excluding carboxylic acids is 8. The number of azide groups is 1. The predicted octanol–water partition coefficient (Wildman–Crippen LogP) is 13.1. The first-order valence-electron chi connectivity index (χ1n) is 34.1. The minimum atomic E-state index is -0.640. The fourth-order valence-electron chi connectivity index (χ4n) is 8.61. The van der Waals surface area contributed by atoms with Gasteiger partial charge in [-0.1, -0.05) is 5.11 Å². The minimum absolute atomic E-state index is 0.0717. The Labute approximate surface area is 666 Å². The molecule has 0 unspecified atom stereocenters. The third-order valence-corrected chi connectivity index (χ3v) is 14.4. The van der Waals surface area contributed by atoms with Crippen LogP contribution in [0.15, 0.2) is 54.3 Å². The number of alkyl carbamates (subject to hydrolysis) is 3. The molecule has 3 amide bonds. The van der Waals surface area contributed by atoms with E-state index in [4.69, 9.17) is 43.4 Å². The summed E-state index contributed by atoms with van der Waals surface area (Å²) in [6.45, 7) is 38.0. The number of rotatable bonds is 17. The quantitative estimate of drug-likeness (QED) is 0.0104. The van der Waals surface area contributed by atoms with Crippen LogP contribution in [0.5, 0.6) is 0 Å². The molecular formula is C73H111I2N17O17. The molecule has 5 aromatic heterocycles. The summed E-state index contributed by atoms with van der Waals surface area (Å²) in [6.07, 6.45) is 6.29. The third-order valence-electron chi connectivity index (χ3n) is 12.6. The van der Waals surface area contributed by atoms with Gasteiger partial charge in [0, 0.05) is 109 Å². The molecule has 10 N–H and O–H groups in total. The Kier molecular flexibility index (Phi) is 39.1. The van der Waals surface area contributed by atoms with Gasteiger partial charge in [-0.25, -0.2) is 63.3 Å². The van der Waals surface area contributed by atoms with E-state index in [2.05, 4.69) is 123 Å². The molecule has 109 heavy (non-hydrogen) atoms. The minimum Gasteiger partial charge on any atom is -0.456 e. The zero-order valence-electron chi connectivity index (χ0n) is 67.7. The van der Waals surface area contributed by atoms with Crippen molar-refractivity contribution in [3.05, 3.63) is 122 Å². The average molecular weight is 1750 g/mol. The van der Waals surface area contributed by atoms with Crippen LogP contribution in [0, 0.1) is 7.14 Å². The van der Waals surface area contributed by atoms with E-state index in [0.29, 0.717) is 79.2 Å². The third kappa shape index (κ3) is 36.1. The number of anilines is 5.